The number of phenolic OH excluding ortho intramolecular Hbond substituents is 1. The number of aromatic nitrogens is 1. The third kappa shape index (κ3) is 4.45. The highest BCUT2D eigenvalue weighted by molar-refractivity contribution is 6.09. The van der Waals surface area contributed by atoms with Crippen molar-refractivity contribution < 1.29 is 19.4 Å². The number of ether oxygens (including phenoxy) is 1. The molecule has 0 saturated carbocycles. The molecule has 2 aromatic carbocycles. The van der Waals surface area contributed by atoms with E-state index >= 15 is 0 Å². The van der Waals surface area contributed by atoms with Crippen molar-refractivity contribution in [1.29, 1.82) is 0 Å². The van der Waals surface area contributed by atoms with Gasteiger partial charge >= 0.3 is 0 Å². The Bertz CT molecular complexity index is 891. The number of carbonyl (C=O) groups is 2. The van der Waals surface area contributed by atoms with Gasteiger partial charge in [0, 0.05) is 17.3 Å². The lowest BCUT2D eigenvalue weighted by atomic mass is 10.0. The first-order chi connectivity index (χ1) is 12.6. The van der Waals surface area contributed by atoms with E-state index in [1.54, 1.807) is 60.9 Å². The van der Waals surface area contributed by atoms with Crippen molar-refractivity contribution >= 4 is 17.4 Å². The second kappa shape index (κ2) is 7.94. The van der Waals surface area contributed by atoms with E-state index in [9.17, 15) is 14.7 Å². The summed E-state index contributed by atoms with van der Waals surface area (Å²) in [4.78, 5) is 28.1. The zero-order valence-electron chi connectivity index (χ0n) is 13.8. The monoisotopic (exact) mass is 348 g/mol. The second-order valence-corrected chi connectivity index (χ2v) is 5.48. The second-order valence-electron chi connectivity index (χ2n) is 5.48. The number of nitrogens with one attached hydrogen (secondary N) is 1. The Morgan fingerprint density at radius 3 is 2.23 bits per heavy atom. The molecule has 0 aliphatic heterocycles. The predicted octanol–water partition coefficient (Wildman–Crippen LogP) is 3.04. The molecule has 3 rings (SSSR count). The fraction of sp³-hybridized carbons (Fsp3) is 0.0500. The molecule has 0 radical (unpaired) electrons. The first-order valence-corrected chi connectivity index (χ1v) is 7.88. The molecule has 0 aliphatic rings. The SMILES string of the molecule is O=C(COc1ccc(C(=O)c2ccc(O)cc2)cc1)Nc1cccnc1. The van der Waals surface area contributed by atoms with Crippen LogP contribution in [0.4, 0.5) is 5.69 Å². The van der Waals surface area contributed by atoms with E-state index in [1.165, 1.54) is 12.1 Å². The summed E-state index contributed by atoms with van der Waals surface area (Å²) < 4.78 is 5.42. The number of carbonyl (C=O) groups excluding carboxylic acids is 2. The fourth-order valence-corrected chi connectivity index (χ4v) is 2.26. The summed E-state index contributed by atoms with van der Waals surface area (Å²) in [7, 11) is 0. The topological polar surface area (TPSA) is 88.5 Å². The molecule has 0 saturated heterocycles. The smallest absolute Gasteiger partial charge is 0.262 e. The van der Waals surface area contributed by atoms with Crippen molar-refractivity contribution in [3.05, 3.63) is 84.2 Å². The van der Waals surface area contributed by atoms with E-state index in [4.69, 9.17) is 4.74 Å². The molecule has 6 nitrogen and oxygen atoms in total. The molecule has 1 heterocycles. The summed E-state index contributed by atoms with van der Waals surface area (Å²) >= 11 is 0. The maximum Gasteiger partial charge on any atom is 0.262 e. The molecule has 26 heavy (non-hydrogen) atoms. The molecular formula is C20H16N2O4. The molecule has 0 atom stereocenters. The highest BCUT2D eigenvalue weighted by Crippen LogP contribution is 2.17. The average Bonchev–Trinajstić information content (AvgIpc) is 2.68. The van der Waals surface area contributed by atoms with Crippen molar-refractivity contribution in [2.45, 2.75) is 0 Å². The van der Waals surface area contributed by atoms with Gasteiger partial charge in [0.2, 0.25) is 0 Å². The van der Waals surface area contributed by atoms with E-state index in [0.29, 0.717) is 22.6 Å². The van der Waals surface area contributed by atoms with Crippen LogP contribution in [0, 0.1) is 0 Å². The van der Waals surface area contributed by atoms with Crippen LogP contribution in [-0.4, -0.2) is 28.4 Å². The van der Waals surface area contributed by atoms with Crippen molar-refractivity contribution in [2.75, 3.05) is 11.9 Å². The third-order valence-electron chi connectivity index (χ3n) is 3.56. The Balaban J connectivity index is 1.56. The molecule has 0 fully saturated rings. The average molecular weight is 348 g/mol. The van der Waals surface area contributed by atoms with Crippen LogP contribution in [0.25, 0.3) is 0 Å². The van der Waals surface area contributed by atoms with Gasteiger partial charge in [0.05, 0.1) is 11.9 Å². The minimum Gasteiger partial charge on any atom is -0.508 e. The number of phenols is 1. The van der Waals surface area contributed by atoms with Gasteiger partial charge in [0.15, 0.2) is 12.4 Å². The highest BCUT2D eigenvalue weighted by atomic mass is 16.5. The number of pyridine rings is 1. The zero-order valence-corrected chi connectivity index (χ0v) is 13.8. The van der Waals surface area contributed by atoms with Crippen LogP contribution >= 0.6 is 0 Å². The van der Waals surface area contributed by atoms with Crippen LogP contribution in [0.3, 0.4) is 0 Å². The number of aromatic hydroxyl groups is 1. The van der Waals surface area contributed by atoms with E-state index in [2.05, 4.69) is 10.3 Å². The first-order valence-electron chi connectivity index (χ1n) is 7.88. The number of benzene rings is 2. The van der Waals surface area contributed by atoms with Crippen LogP contribution in [-0.2, 0) is 4.79 Å². The van der Waals surface area contributed by atoms with Crippen LogP contribution in [0.15, 0.2) is 73.1 Å². The molecule has 0 aliphatic carbocycles. The summed E-state index contributed by atoms with van der Waals surface area (Å²) in [5.41, 5.74) is 1.56. The molecule has 0 spiro atoms. The van der Waals surface area contributed by atoms with E-state index in [1.807, 2.05) is 0 Å². The van der Waals surface area contributed by atoms with Crippen molar-refractivity contribution in [3.8, 4) is 11.5 Å². The lowest BCUT2D eigenvalue weighted by molar-refractivity contribution is -0.118. The quantitative estimate of drug-likeness (QED) is 0.669. The number of hydrogen-bond acceptors (Lipinski definition) is 5. The molecule has 0 unspecified atom stereocenters. The van der Waals surface area contributed by atoms with Gasteiger partial charge < -0.3 is 15.2 Å². The Morgan fingerprint density at radius 1 is 0.962 bits per heavy atom. The highest BCUT2D eigenvalue weighted by Gasteiger charge is 2.10. The normalized spacial score (nSPS) is 10.2. The van der Waals surface area contributed by atoms with Crippen molar-refractivity contribution in [3.63, 3.8) is 0 Å². The Hall–Kier alpha value is -3.67. The minimum absolute atomic E-state index is 0.106. The lowest BCUT2D eigenvalue weighted by Crippen LogP contribution is -2.20. The van der Waals surface area contributed by atoms with Gasteiger partial charge in [-0.3, -0.25) is 14.6 Å². The number of hydrogen-bond donors (Lipinski definition) is 2. The van der Waals surface area contributed by atoms with Crippen LogP contribution in [0.2, 0.25) is 0 Å². The van der Waals surface area contributed by atoms with E-state index < -0.39 is 0 Å². The van der Waals surface area contributed by atoms with Crippen LogP contribution in [0.1, 0.15) is 15.9 Å². The summed E-state index contributed by atoms with van der Waals surface area (Å²) in [6.07, 6.45) is 3.16. The molecule has 6 heteroatoms. The van der Waals surface area contributed by atoms with Crippen LogP contribution in [0.5, 0.6) is 11.5 Å². The Labute approximate surface area is 150 Å². The van der Waals surface area contributed by atoms with Crippen molar-refractivity contribution in [2.24, 2.45) is 0 Å². The maximum atomic E-state index is 12.3. The van der Waals surface area contributed by atoms with Gasteiger partial charge in [-0.1, -0.05) is 0 Å². The maximum absolute atomic E-state index is 12.3. The van der Waals surface area contributed by atoms with Gasteiger partial charge in [0.1, 0.15) is 11.5 Å². The fourth-order valence-electron chi connectivity index (χ4n) is 2.26. The summed E-state index contributed by atoms with van der Waals surface area (Å²) in [5, 5.41) is 11.9. The lowest BCUT2D eigenvalue weighted by Gasteiger charge is -2.08. The number of nitrogens with zero attached hydrogens (tertiary/aromatic N) is 1. The van der Waals surface area contributed by atoms with Gasteiger partial charge in [-0.15, -0.1) is 0 Å². The van der Waals surface area contributed by atoms with Crippen LogP contribution < -0.4 is 10.1 Å². The number of anilines is 1. The molecule has 2 N–H and O–H groups in total. The van der Waals surface area contributed by atoms with E-state index in [0.717, 1.165) is 0 Å². The molecule has 0 bridgehead atoms. The molecule has 1 aromatic heterocycles. The summed E-state index contributed by atoms with van der Waals surface area (Å²) in [6, 6.07) is 16.0. The van der Waals surface area contributed by atoms with Gasteiger partial charge in [-0.05, 0) is 60.7 Å². The zero-order chi connectivity index (χ0) is 18.4. The number of ketones is 1. The van der Waals surface area contributed by atoms with E-state index in [-0.39, 0.29) is 24.0 Å². The van der Waals surface area contributed by atoms with Crippen molar-refractivity contribution in [1.82, 2.24) is 4.98 Å². The van der Waals surface area contributed by atoms with Gasteiger partial charge in [0.25, 0.3) is 5.91 Å². The summed E-state index contributed by atoms with van der Waals surface area (Å²) in [6.45, 7) is -0.153. The van der Waals surface area contributed by atoms with Gasteiger partial charge in [-0.2, -0.15) is 0 Å². The molecule has 3 aromatic rings. The summed E-state index contributed by atoms with van der Waals surface area (Å²) in [5.74, 6) is 0.122. The third-order valence-corrected chi connectivity index (χ3v) is 3.56. The minimum atomic E-state index is -0.303. The first kappa shape index (κ1) is 17.2. The Kier molecular flexibility index (Phi) is 5.24. The molecule has 1 amide bonds. The number of amides is 1. The number of rotatable bonds is 6. The van der Waals surface area contributed by atoms with Gasteiger partial charge in [-0.25, -0.2) is 0 Å². The molecular weight excluding hydrogens is 332 g/mol. The Morgan fingerprint density at radius 2 is 1.62 bits per heavy atom. The standard InChI is InChI=1S/C20H16N2O4/c23-17-7-3-14(4-8-17)20(25)15-5-9-18(10-6-15)26-13-19(24)22-16-2-1-11-21-12-16/h1-12,23H,13H2,(H,22,24). The predicted molar refractivity (Wildman–Crippen MR) is 96.3 cm³/mol. The molecule has 130 valence electrons. The largest absolute Gasteiger partial charge is 0.508 e.